The van der Waals surface area contributed by atoms with E-state index < -0.39 is 40.7 Å². The molecule has 0 aliphatic carbocycles. The summed E-state index contributed by atoms with van der Waals surface area (Å²) in [4.78, 5) is 29.6. The summed E-state index contributed by atoms with van der Waals surface area (Å²) < 4.78 is 74.2. The smallest absolute Gasteiger partial charge is 0.416 e. The van der Waals surface area contributed by atoms with Gasteiger partial charge in [0, 0.05) is 47.3 Å². The number of rotatable bonds is 6. The van der Waals surface area contributed by atoms with Gasteiger partial charge in [0.2, 0.25) is 0 Å². The molecule has 1 aliphatic rings. The Labute approximate surface area is 259 Å². The van der Waals surface area contributed by atoms with Gasteiger partial charge in [-0.3, -0.25) is 9.59 Å². The lowest BCUT2D eigenvalue weighted by atomic mass is 9.87. The fraction of sp³-hybridized carbons (Fsp3) is 0.242. The molecule has 3 aromatic carbocycles. The van der Waals surface area contributed by atoms with Gasteiger partial charge in [-0.25, -0.2) is 4.98 Å². The first-order chi connectivity index (χ1) is 21.1. The number of aliphatic carboxylic acids is 1. The van der Waals surface area contributed by atoms with E-state index in [0.29, 0.717) is 44.7 Å². The van der Waals surface area contributed by atoms with Crippen molar-refractivity contribution in [1.29, 1.82) is 0 Å². The predicted molar refractivity (Wildman–Crippen MR) is 162 cm³/mol. The number of carboxylic acids is 1. The van der Waals surface area contributed by atoms with Crippen LogP contribution in [0, 0.1) is 13.8 Å². The van der Waals surface area contributed by atoms with E-state index in [4.69, 9.17) is 10.1 Å². The number of aromatic nitrogens is 1. The fourth-order valence-electron chi connectivity index (χ4n) is 5.32. The topological polar surface area (TPSA) is 82.5 Å². The van der Waals surface area contributed by atoms with Crippen LogP contribution in [0.3, 0.4) is 0 Å². The third kappa shape index (κ3) is 6.75. The zero-order valence-corrected chi connectivity index (χ0v) is 25.1. The van der Waals surface area contributed by atoms with Crippen molar-refractivity contribution >= 4 is 33.9 Å². The van der Waals surface area contributed by atoms with Crippen molar-refractivity contribution in [2.45, 2.75) is 45.5 Å². The molecule has 2 N–H and O–H groups in total. The number of allylic oxidation sites excluding steroid dienone is 1. The minimum Gasteiger partial charge on any atom is -0.481 e. The number of halogens is 5. The van der Waals surface area contributed by atoms with Crippen LogP contribution >= 0.6 is 11.3 Å². The van der Waals surface area contributed by atoms with Gasteiger partial charge in [-0.15, -0.1) is 11.3 Å². The van der Waals surface area contributed by atoms with Crippen molar-refractivity contribution in [2.75, 3.05) is 11.4 Å². The summed E-state index contributed by atoms with van der Waals surface area (Å²) in [5.41, 5.74) is 0.708. The van der Waals surface area contributed by atoms with Gasteiger partial charge >= 0.3 is 12.1 Å². The summed E-state index contributed by atoms with van der Waals surface area (Å²) in [6.07, 6.45) is -5.10. The Balaban J connectivity index is 1.60. The summed E-state index contributed by atoms with van der Waals surface area (Å²) >= 11 is 1.23. The van der Waals surface area contributed by atoms with Crippen LogP contribution < -0.4 is 10.2 Å². The highest BCUT2D eigenvalue weighted by molar-refractivity contribution is 7.14. The lowest BCUT2D eigenvalue weighted by Gasteiger charge is -2.27. The fourth-order valence-corrected chi connectivity index (χ4v) is 6.14. The first-order valence-corrected chi connectivity index (χ1v) is 14.7. The molecular weight excluding hydrogens is 613 g/mol. The molecule has 0 fully saturated rings. The lowest BCUT2D eigenvalue weighted by Crippen LogP contribution is -2.26. The maximum atomic E-state index is 16.1. The van der Waals surface area contributed by atoms with E-state index >= 15 is 8.78 Å². The first kappa shape index (κ1) is 31.8. The van der Waals surface area contributed by atoms with Gasteiger partial charge in [0.1, 0.15) is 0 Å². The van der Waals surface area contributed by atoms with Crippen molar-refractivity contribution < 1.29 is 36.6 Å². The van der Waals surface area contributed by atoms with Crippen LogP contribution in [0.25, 0.3) is 16.8 Å². The van der Waals surface area contributed by atoms with Crippen LogP contribution in [0.2, 0.25) is 0 Å². The summed E-state index contributed by atoms with van der Waals surface area (Å²) in [5, 5.41) is 13.5. The highest BCUT2D eigenvalue weighted by Crippen LogP contribution is 2.47. The molecule has 4 aromatic rings. The predicted octanol–water partition coefficient (Wildman–Crippen LogP) is 7.98. The molecule has 4 bridgehead atoms. The van der Waals surface area contributed by atoms with Crippen LogP contribution in [0.5, 0.6) is 0 Å². The molecule has 1 amide bonds. The molecule has 0 atom stereocenters. The lowest BCUT2D eigenvalue weighted by molar-refractivity contribution is -0.138. The Bertz CT molecular complexity index is 1800. The minimum absolute atomic E-state index is 0.0136. The zero-order valence-electron chi connectivity index (χ0n) is 24.3. The number of alkyl halides is 5. The molecule has 0 unspecified atom stereocenters. The number of amides is 1. The highest BCUT2D eigenvalue weighted by atomic mass is 32.1. The molecule has 234 valence electrons. The van der Waals surface area contributed by atoms with E-state index in [-0.39, 0.29) is 37.2 Å². The number of benzene rings is 3. The van der Waals surface area contributed by atoms with Crippen LogP contribution in [0.4, 0.5) is 27.1 Å². The van der Waals surface area contributed by atoms with Gasteiger partial charge in [0.25, 0.3) is 11.8 Å². The Morgan fingerprint density at radius 2 is 1.80 bits per heavy atom. The number of carbonyl (C=O) groups excluding carboxylic acids is 1. The second kappa shape index (κ2) is 12.1. The molecule has 0 saturated carbocycles. The third-order valence-electron chi connectivity index (χ3n) is 7.47. The van der Waals surface area contributed by atoms with E-state index in [0.717, 1.165) is 12.1 Å². The molecular formula is C33H28F5N3O3S. The molecule has 12 heteroatoms. The van der Waals surface area contributed by atoms with Gasteiger partial charge in [0.05, 0.1) is 17.7 Å². The van der Waals surface area contributed by atoms with Gasteiger partial charge < -0.3 is 15.3 Å². The van der Waals surface area contributed by atoms with Gasteiger partial charge in [-0.2, -0.15) is 22.0 Å². The van der Waals surface area contributed by atoms with Gasteiger partial charge in [0.15, 0.2) is 5.13 Å². The maximum Gasteiger partial charge on any atom is 0.416 e. The number of hydrogen-bond acceptors (Lipinski definition) is 5. The second-order valence-corrected chi connectivity index (χ2v) is 11.8. The van der Waals surface area contributed by atoms with Crippen molar-refractivity contribution in [2.24, 2.45) is 0 Å². The summed E-state index contributed by atoms with van der Waals surface area (Å²) in [7, 11) is 0. The van der Waals surface area contributed by atoms with E-state index in [1.54, 1.807) is 54.5 Å². The number of thiazole rings is 1. The summed E-state index contributed by atoms with van der Waals surface area (Å²) in [5.74, 6) is -5.33. The Morgan fingerprint density at radius 3 is 2.47 bits per heavy atom. The number of nitrogens with one attached hydrogen (secondary N) is 1. The summed E-state index contributed by atoms with van der Waals surface area (Å²) in [6, 6.07) is 12.2. The number of fused-ring (bicyclic) bond motifs is 6. The molecule has 1 aliphatic heterocycles. The van der Waals surface area contributed by atoms with E-state index in [1.165, 1.54) is 11.3 Å². The van der Waals surface area contributed by atoms with Crippen molar-refractivity contribution in [1.82, 2.24) is 10.3 Å². The molecule has 0 radical (unpaired) electrons. The van der Waals surface area contributed by atoms with E-state index in [1.807, 2.05) is 6.07 Å². The second-order valence-electron chi connectivity index (χ2n) is 10.9. The number of hydrogen-bond donors (Lipinski definition) is 2. The number of nitrogens with zero attached hydrogens (tertiary/aromatic N) is 2. The normalized spacial score (nSPS) is 14.3. The zero-order chi connectivity index (χ0) is 32.7. The minimum atomic E-state index is -4.87. The molecule has 45 heavy (non-hydrogen) atoms. The largest absolute Gasteiger partial charge is 0.481 e. The van der Waals surface area contributed by atoms with E-state index in [9.17, 15) is 22.8 Å². The molecule has 2 heterocycles. The number of anilines is 1. The number of aryl methyl sites for hydroxylation is 2. The number of carboxylic acid groups (broad SMARTS) is 1. The molecule has 5 rings (SSSR count). The van der Waals surface area contributed by atoms with Gasteiger partial charge in [-0.05, 0) is 66.4 Å². The molecule has 0 saturated heterocycles. The van der Waals surface area contributed by atoms with Crippen LogP contribution in [-0.2, 0) is 30.0 Å². The average molecular weight is 642 g/mol. The van der Waals surface area contributed by atoms with Gasteiger partial charge in [-0.1, -0.05) is 36.4 Å². The third-order valence-corrected chi connectivity index (χ3v) is 8.37. The van der Waals surface area contributed by atoms with Crippen LogP contribution in [0.1, 0.15) is 55.7 Å². The summed E-state index contributed by atoms with van der Waals surface area (Å²) in [6.45, 7) is 7.13. The molecule has 0 spiro atoms. The Hall–Kier alpha value is -4.58. The first-order valence-electron chi connectivity index (χ1n) is 13.8. The number of carbonyl (C=O) groups is 2. The Morgan fingerprint density at radius 1 is 1.09 bits per heavy atom. The molecule has 1 aromatic heterocycles. The van der Waals surface area contributed by atoms with Crippen LogP contribution in [-0.4, -0.2) is 28.5 Å². The standard InChI is InChI=1S/C33H28F5N3O3S/c1-18-10-19(2)29-26(11-18)20(3)32(34,35)24-12-22(13-25(14-24)33(36,37)38)16-41(31-40-27(29)17-45-31)15-21-4-6-23(7-5-21)30(44)39-9-8-28(42)43/h4-7,10-14,17H,3,8-9,15-16H2,1-2H3,(H,39,44)(H,42,43). The quantitative estimate of drug-likeness (QED) is 0.209. The van der Waals surface area contributed by atoms with Crippen molar-refractivity contribution in [3.63, 3.8) is 0 Å². The van der Waals surface area contributed by atoms with Crippen LogP contribution in [0.15, 0.2) is 66.6 Å². The monoisotopic (exact) mass is 641 g/mol. The highest BCUT2D eigenvalue weighted by Gasteiger charge is 2.41. The Kier molecular flexibility index (Phi) is 8.54. The SMILES string of the molecule is C=C1c2cc(C)cc(C)c2-c2csc(n2)N(Cc2ccc(C(=O)NCCC(=O)O)cc2)Cc2cc(C(F)(F)F)cc(c2)C1(F)F. The maximum absolute atomic E-state index is 16.1. The average Bonchev–Trinajstić information content (AvgIpc) is 3.45. The molecule has 6 nitrogen and oxygen atoms in total. The van der Waals surface area contributed by atoms with Crippen molar-refractivity contribution in [3.05, 3.63) is 111 Å². The van der Waals surface area contributed by atoms with Crippen molar-refractivity contribution in [3.8, 4) is 11.3 Å². The van der Waals surface area contributed by atoms with E-state index in [2.05, 4.69) is 11.9 Å².